The summed E-state index contributed by atoms with van der Waals surface area (Å²) in [5.41, 5.74) is 21.4. The molecule has 3 aromatic heterocycles. The molecular weight excluding hydrogens is 1600 g/mol. The van der Waals surface area contributed by atoms with E-state index in [0.29, 0.717) is 106 Å². The van der Waals surface area contributed by atoms with Gasteiger partial charge in [0.15, 0.2) is 0 Å². The maximum absolute atomic E-state index is 13.2. The lowest BCUT2D eigenvalue weighted by Crippen LogP contribution is -2.36. The molecular formula is C85H81Cl6FN12O9S. The first-order chi connectivity index (χ1) is 54.7. The molecule has 1 unspecified atom stereocenters. The molecule has 590 valence electrons. The van der Waals surface area contributed by atoms with E-state index in [-0.39, 0.29) is 66.9 Å². The third-order valence-electron chi connectivity index (χ3n) is 21.4. The van der Waals surface area contributed by atoms with Crippen LogP contribution in [0.15, 0.2) is 146 Å². The zero-order chi connectivity index (χ0) is 81.5. The summed E-state index contributed by atoms with van der Waals surface area (Å²) >= 11 is 36.7. The van der Waals surface area contributed by atoms with Crippen LogP contribution in [0.2, 0.25) is 30.1 Å². The fourth-order valence-electron chi connectivity index (χ4n) is 15.5. The number of fused-ring (bicyclic) bond motifs is 6. The highest BCUT2D eigenvalue weighted by Gasteiger charge is 2.32. The summed E-state index contributed by atoms with van der Waals surface area (Å²) in [6.45, 7) is 17.1. The number of nitrogens with zero attached hydrogens (tertiary/aromatic N) is 12. The van der Waals surface area contributed by atoms with Crippen molar-refractivity contribution in [3.8, 4) is 0 Å². The Labute approximate surface area is 692 Å². The molecule has 0 spiro atoms. The van der Waals surface area contributed by atoms with E-state index in [1.54, 1.807) is 69.3 Å². The molecule has 21 nitrogen and oxygen atoms in total. The van der Waals surface area contributed by atoms with Gasteiger partial charge in [-0.05, 0) is 217 Å². The Morgan fingerprint density at radius 2 is 0.649 bits per heavy atom. The minimum absolute atomic E-state index is 0.0566. The number of carboxylic acids is 3. The minimum atomic E-state index is -0.879. The lowest BCUT2D eigenvalue weighted by atomic mass is 9.83. The summed E-state index contributed by atoms with van der Waals surface area (Å²) in [6, 6.07) is 44.9. The van der Waals surface area contributed by atoms with Crippen LogP contribution in [-0.2, 0) is 72.9 Å². The van der Waals surface area contributed by atoms with Gasteiger partial charge >= 0.3 is 17.9 Å². The number of carboxylic acid groups (broad SMARTS) is 3. The topological polar surface area (TPSA) is 265 Å². The zero-order valence-corrected chi connectivity index (χ0v) is 68.8. The fraction of sp³-hybridized carbons (Fsp3) is 0.294. The van der Waals surface area contributed by atoms with Crippen LogP contribution in [-0.4, -0.2) is 137 Å². The molecule has 0 radical (unpaired) electrons. The average Bonchev–Trinajstić information content (AvgIpc) is 1.71. The van der Waals surface area contributed by atoms with Crippen LogP contribution < -0.4 is 0 Å². The number of hydrogen-bond donors (Lipinski definition) is 3. The normalized spacial score (nSPS) is 13.8. The van der Waals surface area contributed by atoms with Gasteiger partial charge in [0.25, 0.3) is 17.7 Å². The molecule has 0 aliphatic carbocycles. The van der Waals surface area contributed by atoms with Crippen molar-refractivity contribution < 1.29 is 48.0 Å². The molecule has 0 saturated heterocycles. The van der Waals surface area contributed by atoms with Crippen molar-refractivity contribution in [2.45, 2.75) is 137 Å². The Bertz CT molecular complexity index is 5180. The van der Waals surface area contributed by atoms with E-state index in [1.807, 2.05) is 128 Å². The SMILES string of the molecule is CCn1nnc2c(C)c(C(CC(=O)O)c3ccc4c(c3)CN(C(=O)c3ccc(Cl)c(Cl)c3)CC4)ccc21.CCn1nnc2c(C)c([C@@H](CC(=O)O)c3ccc4c(c3)CN(C(=O)c3ccc(Cl)c(Cl)c3)CC4)ccc21.CCn1nnc2c(C)c([C@H](CC(=O)O)c3ccc4c(c3)CN(C(=O)c3ccc(Cl)c(Cl)c3)CC4)ccc21.CSF. The molecule has 12 aromatic rings. The van der Waals surface area contributed by atoms with Crippen molar-refractivity contribution in [1.82, 2.24) is 59.7 Å². The number of carbonyl (C=O) groups excluding carboxylic acids is 3. The summed E-state index contributed by atoms with van der Waals surface area (Å²) < 4.78 is 15.7. The molecule has 29 heteroatoms. The van der Waals surface area contributed by atoms with Crippen LogP contribution >= 0.6 is 81.8 Å². The number of rotatable bonds is 18. The third-order valence-corrected chi connectivity index (χ3v) is 23.6. The molecule has 0 saturated carbocycles. The molecule has 0 fully saturated rings. The summed E-state index contributed by atoms with van der Waals surface area (Å²) in [5.74, 6) is -4.06. The van der Waals surface area contributed by atoms with Crippen molar-refractivity contribution in [2.24, 2.45) is 0 Å². The highest BCUT2D eigenvalue weighted by molar-refractivity contribution is 7.93. The second-order valence-electron chi connectivity index (χ2n) is 28.2. The van der Waals surface area contributed by atoms with Crippen molar-refractivity contribution in [2.75, 3.05) is 25.9 Å². The van der Waals surface area contributed by atoms with E-state index >= 15 is 0 Å². The first-order valence-corrected chi connectivity index (χ1v) is 40.5. The predicted molar refractivity (Wildman–Crippen MR) is 445 cm³/mol. The standard InChI is InChI=1S/3C28H26Cl2N4O3.CH3FS/c3*1-3-34-25-9-7-21(16(2)27(25)31-32-34)22(14-26(35)36)18-5-4-17-10-11-33(15-20(17)12-18)28(37)19-6-8-23(29)24(30)13-19;1-3-2/h3*4-9,12-13,22H,3,10-11,14-15H2,1-2H3,(H,35,36);1H3/t2*22-;;/m10../s1. The molecule has 3 aliphatic heterocycles. The highest BCUT2D eigenvalue weighted by atomic mass is 35.5. The number of aliphatic carboxylic acids is 3. The summed E-state index contributed by atoms with van der Waals surface area (Å²) in [7, 11) is 0. The van der Waals surface area contributed by atoms with Crippen LogP contribution in [0.4, 0.5) is 3.89 Å². The van der Waals surface area contributed by atoms with Gasteiger partial charge in [-0.15, -0.1) is 15.3 Å². The Balaban J connectivity index is 0.000000155. The Morgan fingerprint density at radius 1 is 0.386 bits per heavy atom. The van der Waals surface area contributed by atoms with E-state index in [9.17, 15) is 48.0 Å². The van der Waals surface area contributed by atoms with Gasteiger partial charge in [0.2, 0.25) is 0 Å². The maximum atomic E-state index is 13.2. The van der Waals surface area contributed by atoms with Crippen LogP contribution in [0.3, 0.4) is 0 Å². The van der Waals surface area contributed by atoms with Crippen molar-refractivity contribution >= 4 is 150 Å². The second-order valence-corrected chi connectivity index (χ2v) is 30.9. The fourth-order valence-corrected chi connectivity index (χ4v) is 16.4. The smallest absolute Gasteiger partial charge is 0.304 e. The van der Waals surface area contributed by atoms with E-state index in [1.165, 1.54) is 6.26 Å². The number of carbonyl (C=O) groups is 6. The maximum Gasteiger partial charge on any atom is 0.304 e. The Morgan fingerprint density at radius 3 is 0.886 bits per heavy atom. The lowest BCUT2D eigenvalue weighted by Gasteiger charge is -2.30. The largest absolute Gasteiger partial charge is 0.481 e. The Kier molecular flexibility index (Phi) is 26.8. The zero-order valence-electron chi connectivity index (χ0n) is 63.4. The second kappa shape index (κ2) is 36.7. The number of halogens is 7. The molecule has 3 atom stereocenters. The first-order valence-electron chi connectivity index (χ1n) is 37.1. The predicted octanol–water partition coefficient (Wildman–Crippen LogP) is 18.8. The highest BCUT2D eigenvalue weighted by Crippen LogP contribution is 2.41. The quantitative estimate of drug-likeness (QED) is 0.0721. The van der Waals surface area contributed by atoms with Crippen molar-refractivity contribution in [3.05, 3.63) is 276 Å². The minimum Gasteiger partial charge on any atom is -0.481 e. The molecule has 6 heterocycles. The van der Waals surface area contributed by atoms with Gasteiger partial charge in [0.1, 0.15) is 16.6 Å². The van der Waals surface area contributed by atoms with Crippen molar-refractivity contribution in [3.63, 3.8) is 0 Å². The van der Waals surface area contributed by atoms with Gasteiger partial charge in [-0.25, -0.2) is 14.0 Å². The van der Waals surface area contributed by atoms with Gasteiger partial charge in [-0.1, -0.05) is 158 Å². The molecule has 15 rings (SSSR count). The van der Waals surface area contributed by atoms with Gasteiger partial charge in [-0.2, -0.15) is 3.89 Å². The van der Waals surface area contributed by atoms with E-state index in [0.717, 1.165) is 136 Å². The third kappa shape index (κ3) is 18.2. The summed E-state index contributed by atoms with van der Waals surface area (Å²) in [4.78, 5) is 80.7. The molecule has 114 heavy (non-hydrogen) atoms. The molecule has 3 amide bonds. The van der Waals surface area contributed by atoms with Crippen LogP contribution in [0, 0.1) is 20.8 Å². The van der Waals surface area contributed by atoms with Gasteiger partial charge in [0.05, 0.1) is 65.9 Å². The molecule has 0 bridgehead atoms. The molecule has 3 N–H and O–H groups in total. The average molecular weight is 1680 g/mol. The lowest BCUT2D eigenvalue weighted by molar-refractivity contribution is -0.138. The number of aryl methyl sites for hydroxylation is 6. The number of aromatic nitrogens is 9. The van der Waals surface area contributed by atoms with Crippen LogP contribution in [0.25, 0.3) is 33.1 Å². The number of amides is 3. The van der Waals surface area contributed by atoms with Gasteiger partial charge < -0.3 is 30.0 Å². The monoisotopic (exact) mass is 1670 g/mol. The summed E-state index contributed by atoms with van der Waals surface area (Å²) in [5, 5.41) is 57.3. The number of benzene rings is 9. The molecule has 9 aromatic carbocycles. The number of hydrogen-bond acceptors (Lipinski definition) is 13. The van der Waals surface area contributed by atoms with Gasteiger partial charge in [0, 0.05) is 112 Å². The van der Waals surface area contributed by atoms with Gasteiger partial charge in [-0.3, -0.25) is 28.8 Å². The van der Waals surface area contributed by atoms with Crippen LogP contribution in [0.1, 0.15) is 172 Å². The molecule has 3 aliphatic rings. The summed E-state index contributed by atoms with van der Waals surface area (Å²) in [6.07, 6.45) is 3.36. The van der Waals surface area contributed by atoms with E-state index < -0.39 is 17.9 Å². The van der Waals surface area contributed by atoms with E-state index in [2.05, 4.69) is 49.1 Å². The van der Waals surface area contributed by atoms with E-state index in [4.69, 9.17) is 69.6 Å². The van der Waals surface area contributed by atoms with Crippen molar-refractivity contribution in [1.29, 1.82) is 0 Å². The first kappa shape index (κ1) is 83.4. The Hall–Kier alpha value is -9.98. The van der Waals surface area contributed by atoms with Crippen LogP contribution in [0.5, 0.6) is 0 Å².